The minimum absolute atomic E-state index is 0.0860. The molecule has 0 aromatic rings. The van der Waals surface area contributed by atoms with Crippen LogP contribution in [-0.4, -0.2) is 18.8 Å². The summed E-state index contributed by atoms with van der Waals surface area (Å²) in [6.45, 7) is 3.96. The molecule has 0 amide bonds. The van der Waals surface area contributed by atoms with Gasteiger partial charge in [-0.2, -0.15) is 0 Å². The topological polar surface area (TPSA) is 35.2 Å². The molecule has 1 rings (SSSR count). The molecule has 0 aromatic heterocycles. The van der Waals surface area contributed by atoms with Gasteiger partial charge in [-0.15, -0.1) is 0 Å². The van der Waals surface area contributed by atoms with E-state index in [4.69, 9.17) is 10.5 Å². The second-order valence-electron chi connectivity index (χ2n) is 4.99. The summed E-state index contributed by atoms with van der Waals surface area (Å²) in [7, 11) is 0. The third-order valence-corrected chi connectivity index (χ3v) is 3.49. The highest BCUT2D eigenvalue weighted by molar-refractivity contribution is 4.85. The molecule has 0 radical (unpaired) electrons. The van der Waals surface area contributed by atoms with Crippen LogP contribution in [0.2, 0.25) is 0 Å². The van der Waals surface area contributed by atoms with Crippen LogP contribution in [0.25, 0.3) is 0 Å². The molecule has 0 bridgehead atoms. The Morgan fingerprint density at radius 1 is 1.07 bits per heavy atom. The molecule has 0 spiro atoms. The minimum atomic E-state index is 0.0860. The Bertz CT molecular complexity index is 151. The van der Waals surface area contributed by atoms with Crippen molar-refractivity contribution < 1.29 is 4.74 Å². The van der Waals surface area contributed by atoms with Crippen molar-refractivity contribution >= 4 is 0 Å². The first kappa shape index (κ1) is 13.0. The van der Waals surface area contributed by atoms with E-state index in [0.717, 1.165) is 19.6 Å². The summed E-state index contributed by atoms with van der Waals surface area (Å²) in [6, 6.07) is 0. The van der Waals surface area contributed by atoms with E-state index >= 15 is 0 Å². The molecule has 2 nitrogen and oxygen atoms in total. The Morgan fingerprint density at radius 3 is 2.33 bits per heavy atom. The second kappa shape index (κ2) is 7.24. The number of hydrogen-bond acceptors (Lipinski definition) is 2. The molecule has 0 atom stereocenters. The Labute approximate surface area is 94.6 Å². The summed E-state index contributed by atoms with van der Waals surface area (Å²) in [6.07, 6.45) is 11.2. The van der Waals surface area contributed by atoms with Crippen molar-refractivity contribution in [3.05, 3.63) is 0 Å². The Morgan fingerprint density at radius 2 is 1.73 bits per heavy atom. The Balaban J connectivity index is 2.11. The lowest BCUT2D eigenvalue weighted by atomic mass is 9.88. The number of hydrogen-bond donors (Lipinski definition) is 1. The van der Waals surface area contributed by atoms with Gasteiger partial charge >= 0.3 is 0 Å². The van der Waals surface area contributed by atoms with E-state index in [1.54, 1.807) is 0 Å². The largest absolute Gasteiger partial charge is 0.381 e. The van der Waals surface area contributed by atoms with E-state index in [0.29, 0.717) is 0 Å². The first-order chi connectivity index (χ1) is 7.27. The molecule has 1 fully saturated rings. The maximum Gasteiger partial charge on any atom is 0.0483 e. The van der Waals surface area contributed by atoms with Gasteiger partial charge in [0.2, 0.25) is 0 Å². The van der Waals surface area contributed by atoms with Crippen LogP contribution in [0, 0.1) is 0 Å². The van der Waals surface area contributed by atoms with Crippen molar-refractivity contribution in [1.29, 1.82) is 0 Å². The molecule has 2 N–H and O–H groups in total. The molecule has 1 aliphatic carbocycles. The monoisotopic (exact) mass is 213 g/mol. The maximum absolute atomic E-state index is 6.39. The van der Waals surface area contributed by atoms with Gasteiger partial charge in [-0.25, -0.2) is 0 Å². The molecule has 1 saturated carbocycles. The Hall–Kier alpha value is -0.0800. The van der Waals surface area contributed by atoms with Gasteiger partial charge < -0.3 is 10.5 Å². The highest BCUT2D eigenvalue weighted by Gasteiger charge is 2.25. The zero-order valence-corrected chi connectivity index (χ0v) is 10.3. The number of ether oxygens (including phenoxy) is 1. The van der Waals surface area contributed by atoms with Gasteiger partial charge in [0.1, 0.15) is 0 Å². The van der Waals surface area contributed by atoms with E-state index < -0.39 is 0 Å². The summed E-state index contributed by atoms with van der Waals surface area (Å²) in [4.78, 5) is 0. The van der Waals surface area contributed by atoms with Crippen molar-refractivity contribution in [1.82, 2.24) is 0 Å². The first-order valence-corrected chi connectivity index (χ1v) is 6.63. The lowest BCUT2D eigenvalue weighted by molar-refractivity contribution is 0.108. The summed E-state index contributed by atoms with van der Waals surface area (Å²) in [5.74, 6) is 0. The van der Waals surface area contributed by atoms with Crippen molar-refractivity contribution in [3.63, 3.8) is 0 Å². The fraction of sp³-hybridized carbons (Fsp3) is 1.00. The number of nitrogens with two attached hydrogens (primary N) is 1. The minimum Gasteiger partial charge on any atom is -0.381 e. The molecule has 2 heteroatoms. The van der Waals surface area contributed by atoms with Crippen molar-refractivity contribution in [2.45, 2.75) is 70.3 Å². The zero-order valence-electron chi connectivity index (χ0n) is 10.3. The lowest BCUT2D eigenvalue weighted by Crippen LogP contribution is -2.40. The van der Waals surface area contributed by atoms with E-state index in [1.807, 2.05) is 0 Å². The maximum atomic E-state index is 6.39. The normalized spacial score (nSPS) is 21.2. The van der Waals surface area contributed by atoms with Crippen LogP contribution in [0.3, 0.4) is 0 Å². The van der Waals surface area contributed by atoms with Gasteiger partial charge in [-0.3, -0.25) is 0 Å². The predicted octanol–water partition coefficient (Wildman–Crippen LogP) is 3.24. The second-order valence-corrected chi connectivity index (χ2v) is 4.99. The van der Waals surface area contributed by atoms with Gasteiger partial charge in [0, 0.05) is 18.8 Å². The summed E-state index contributed by atoms with van der Waals surface area (Å²) in [5, 5.41) is 0. The van der Waals surface area contributed by atoms with Crippen LogP contribution < -0.4 is 5.73 Å². The van der Waals surface area contributed by atoms with Gasteiger partial charge in [-0.1, -0.05) is 39.0 Å². The van der Waals surface area contributed by atoms with Crippen molar-refractivity contribution in [2.24, 2.45) is 5.73 Å². The summed E-state index contributed by atoms with van der Waals surface area (Å²) >= 11 is 0. The highest BCUT2D eigenvalue weighted by Crippen LogP contribution is 2.27. The average Bonchev–Trinajstić information content (AvgIpc) is 2.43. The Kier molecular flexibility index (Phi) is 6.26. The molecular weight excluding hydrogens is 186 g/mol. The average molecular weight is 213 g/mol. The molecule has 90 valence electrons. The zero-order chi connectivity index (χ0) is 11.0. The van der Waals surface area contributed by atoms with Gasteiger partial charge in [0.15, 0.2) is 0 Å². The molecule has 0 aromatic carbocycles. The van der Waals surface area contributed by atoms with Crippen LogP contribution in [-0.2, 0) is 4.74 Å². The van der Waals surface area contributed by atoms with Gasteiger partial charge in [0.05, 0.1) is 0 Å². The predicted molar refractivity (Wildman–Crippen MR) is 65.0 cm³/mol. The molecule has 0 unspecified atom stereocenters. The molecular formula is C13H27NO. The third-order valence-electron chi connectivity index (χ3n) is 3.49. The number of rotatable bonds is 6. The van der Waals surface area contributed by atoms with E-state index in [-0.39, 0.29) is 5.54 Å². The molecule has 0 saturated heterocycles. The van der Waals surface area contributed by atoms with E-state index in [2.05, 4.69) is 6.92 Å². The fourth-order valence-corrected chi connectivity index (χ4v) is 2.31. The van der Waals surface area contributed by atoms with Crippen molar-refractivity contribution in [2.75, 3.05) is 13.2 Å². The van der Waals surface area contributed by atoms with Crippen LogP contribution in [0.5, 0.6) is 0 Å². The highest BCUT2D eigenvalue weighted by atomic mass is 16.5. The van der Waals surface area contributed by atoms with Crippen LogP contribution in [0.15, 0.2) is 0 Å². The van der Waals surface area contributed by atoms with Gasteiger partial charge in [-0.05, 0) is 25.7 Å². The smallest absolute Gasteiger partial charge is 0.0483 e. The number of unbranched alkanes of at least 4 members (excludes halogenated alkanes) is 1. The van der Waals surface area contributed by atoms with Crippen molar-refractivity contribution in [3.8, 4) is 0 Å². The lowest BCUT2D eigenvalue weighted by Gasteiger charge is -2.27. The molecule has 15 heavy (non-hydrogen) atoms. The standard InChI is InChI=1S/C13H27NO/c1-2-3-11-15-12-10-13(14)8-6-4-5-7-9-13/h2-12,14H2,1H3. The summed E-state index contributed by atoms with van der Waals surface area (Å²) < 4.78 is 5.60. The van der Waals surface area contributed by atoms with E-state index in [1.165, 1.54) is 51.4 Å². The first-order valence-electron chi connectivity index (χ1n) is 6.63. The summed E-state index contributed by atoms with van der Waals surface area (Å²) in [5.41, 5.74) is 6.48. The molecule has 1 aliphatic rings. The van der Waals surface area contributed by atoms with Crippen LogP contribution in [0.4, 0.5) is 0 Å². The van der Waals surface area contributed by atoms with E-state index in [9.17, 15) is 0 Å². The third kappa shape index (κ3) is 5.53. The molecule has 0 heterocycles. The molecule has 0 aliphatic heterocycles. The van der Waals surface area contributed by atoms with Gasteiger partial charge in [0.25, 0.3) is 0 Å². The van der Waals surface area contributed by atoms with Crippen LogP contribution in [0.1, 0.15) is 64.7 Å². The fourth-order valence-electron chi connectivity index (χ4n) is 2.31. The SMILES string of the molecule is CCCCOCCC1(N)CCCCCC1. The van der Waals surface area contributed by atoms with Crippen LogP contribution >= 0.6 is 0 Å². The quantitative estimate of drug-likeness (QED) is 0.543.